The predicted molar refractivity (Wildman–Crippen MR) is 76.6 cm³/mol. The molecule has 4 rings (SSSR count). The van der Waals surface area contributed by atoms with Crippen LogP contribution in [0.5, 0.6) is 11.5 Å². The molecule has 3 aromatic rings. The number of anilines is 1. The number of nitrogens with one attached hydrogen (secondary N) is 2. The third-order valence-corrected chi connectivity index (χ3v) is 3.35. The molecule has 0 radical (unpaired) electrons. The SMILES string of the molecule is O=C(Nc1ccc2c(c1)OCO2)c1cccc2cn[nH]c12. The van der Waals surface area contributed by atoms with Crippen molar-refractivity contribution in [3.63, 3.8) is 0 Å². The third-order valence-electron chi connectivity index (χ3n) is 3.35. The van der Waals surface area contributed by atoms with E-state index in [1.165, 1.54) is 0 Å². The number of carbonyl (C=O) groups is 1. The van der Waals surface area contributed by atoms with Crippen molar-refractivity contribution < 1.29 is 14.3 Å². The molecule has 0 saturated carbocycles. The van der Waals surface area contributed by atoms with E-state index in [2.05, 4.69) is 15.5 Å². The summed E-state index contributed by atoms with van der Waals surface area (Å²) < 4.78 is 10.5. The van der Waals surface area contributed by atoms with Crippen LogP contribution in [0.15, 0.2) is 42.6 Å². The van der Waals surface area contributed by atoms with E-state index >= 15 is 0 Å². The summed E-state index contributed by atoms with van der Waals surface area (Å²) >= 11 is 0. The second kappa shape index (κ2) is 4.52. The van der Waals surface area contributed by atoms with Crippen LogP contribution in [0.25, 0.3) is 10.9 Å². The minimum atomic E-state index is -0.205. The molecule has 21 heavy (non-hydrogen) atoms. The van der Waals surface area contributed by atoms with Crippen LogP contribution in [0, 0.1) is 0 Å². The number of para-hydroxylation sites is 1. The van der Waals surface area contributed by atoms with Gasteiger partial charge in [0.05, 0.1) is 17.3 Å². The number of fused-ring (bicyclic) bond motifs is 2. The van der Waals surface area contributed by atoms with Crippen molar-refractivity contribution in [3.8, 4) is 11.5 Å². The average molecular weight is 281 g/mol. The molecule has 0 fully saturated rings. The van der Waals surface area contributed by atoms with Gasteiger partial charge in [0.2, 0.25) is 6.79 Å². The summed E-state index contributed by atoms with van der Waals surface area (Å²) in [5, 5.41) is 10.5. The lowest BCUT2D eigenvalue weighted by Crippen LogP contribution is -2.12. The van der Waals surface area contributed by atoms with E-state index in [4.69, 9.17) is 9.47 Å². The Kier molecular flexibility index (Phi) is 2.53. The molecule has 1 aromatic heterocycles. The first kappa shape index (κ1) is 11.8. The number of aromatic nitrogens is 2. The van der Waals surface area contributed by atoms with Crippen molar-refractivity contribution >= 4 is 22.5 Å². The number of amides is 1. The number of carbonyl (C=O) groups excluding carboxylic acids is 1. The molecule has 0 atom stereocenters. The van der Waals surface area contributed by atoms with E-state index in [-0.39, 0.29) is 12.7 Å². The first-order chi connectivity index (χ1) is 10.3. The number of aromatic amines is 1. The lowest BCUT2D eigenvalue weighted by Gasteiger charge is -2.07. The van der Waals surface area contributed by atoms with Gasteiger partial charge in [-0.25, -0.2) is 0 Å². The molecular formula is C15H11N3O3. The van der Waals surface area contributed by atoms with Crippen molar-refractivity contribution in [1.29, 1.82) is 0 Å². The van der Waals surface area contributed by atoms with Gasteiger partial charge in [0, 0.05) is 17.1 Å². The maximum absolute atomic E-state index is 12.4. The predicted octanol–water partition coefficient (Wildman–Crippen LogP) is 2.54. The molecule has 6 heteroatoms. The number of hydrogen-bond donors (Lipinski definition) is 2. The maximum Gasteiger partial charge on any atom is 0.257 e. The summed E-state index contributed by atoms with van der Waals surface area (Å²) in [5.74, 6) is 1.11. The Bertz CT molecular complexity index is 841. The van der Waals surface area contributed by atoms with Crippen molar-refractivity contribution in [2.75, 3.05) is 12.1 Å². The maximum atomic E-state index is 12.4. The van der Waals surface area contributed by atoms with Crippen LogP contribution >= 0.6 is 0 Å². The van der Waals surface area contributed by atoms with Crippen LogP contribution in [-0.2, 0) is 0 Å². The van der Waals surface area contributed by atoms with Crippen LogP contribution in [0.3, 0.4) is 0 Å². The van der Waals surface area contributed by atoms with Gasteiger partial charge in [-0.15, -0.1) is 0 Å². The van der Waals surface area contributed by atoms with Gasteiger partial charge in [-0.2, -0.15) is 5.10 Å². The van der Waals surface area contributed by atoms with E-state index in [1.807, 2.05) is 12.1 Å². The number of H-pyrrole nitrogens is 1. The van der Waals surface area contributed by atoms with Gasteiger partial charge in [-0.3, -0.25) is 9.89 Å². The summed E-state index contributed by atoms with van der Waals surface area (Å²) in [5.41, 5.74) is 1.92. The van der Waals surface area contributed by atoms with E-state index in [0.29, 0.717) is 22.7 Å². The first-order valence-corrected chi connectivity index (χ1v) is 6.44. The monoisotopic (exact) mass is 281 g/mol. The molecule has 0 aliphatic carbocycles. The Labute approximate surface area is 119 Å². The van der Waals surface area contributed by atoms with Gasteiger partial charge in [-0.1, -0.05) is 12.1 Å². The molecule has 0 bridgehead atoms. The standard InChI is InChI=1S/C15H11N3O3/c19-15(11-3-1-2-9-7-16-18-14(9)11)17-10-4-5-12-13(6-10)21-8-20-12/h1-7H,8H2,(H,16,18)(H,17,19). The van der Waals surface area contributed by atoms with Crippen LogP contribution < -0.4 is 14.8 Å². The van der Waals surface area contributed by atoms with Crippen LogP contribution in [0.2, 0.25) is 0 Å². The molecule has 2 N–H and O–H groups in total. The van der Waals surface area contributed by atoms with Crippen molar-refractivity contribution in [2.24, 2.45) is 0 Å². The van der Waals surface area contributed by atoms with Crippen LogP contribution in [0.1, 0.15) is 10.4 Å². The minimum Gasteiger partial charge on any atom is -0.454 e. The number of benzene rings is 2. The highest BCUT2D eigenvalue weighted by Gasteiger charge is 2.16. The van der Waals surface area contributed by atoms with Crippen LogP contribution in [0.4, 0.5) is 5.69 Å². The number of rotatable bonds is 2. The Morgan fingerprint density at radius 3 is 3.05 bits per heavy atom. The molecule has 1 aliphatic heterocycles. The zero-order chi connectivity index (χ0) is 14.2. The molecule has 1 amide bonds. The number of hydrogen-bond acceptors (Lipinski definition) is 4. The summed E-state index contributed by atoms with van der Waals surface area (Å²) in [6.07, 6.45) is 1.69. The van der Waals surface area contributed by atoms with E-state index in [1.54, 1.807) is 30.5 Å². The number of ether oxygens (including phenoxy) is 2. The van der Waals surface area contributed by atoms with Crippen LogP contribution in [-0.4, -0.2) is 22.9 Å². The minimum absolute atomic E-state index is 0.205. The van der Waals surface area contributed by atoms with Crippen molar-refractivity contribution in [2.45, 2.75) is 0 Å². The first-order valence-electron chi connectivity index (χ1n) is 6.44. The smallest absolute Gasteiger partial charge is 0.257 e. The Balaban J connectivity index is 1.65. The quantitative estimate of drug-likeness (QED) is 0.756. The van der Waals surface area contributed by atoms with E-state index < -0.39 is 0 Å². The molecule has 104 valence electrons. The highest BCUT2D eigenvalue weighted by atomic mass is 16.7. The Hall–Kier alpha value is -3.02. The average Bonchev–Trinajstić information content (AvgIpc) is 3.14. The van der Waals surface area contributed by atoms with Gasteiger partial charge >= 0.3 is 0 Å². The molecule has 0 saturated heterocycles. The summed E-state index contributed by atoms with van der Waals surface area (Å²) in [7, 11) is 0. The summed E-state index contributed by atoms with van der Waals surface area (Å²) in [6.45, 7) is 0.209. The van der Waals surface area contributed by atoms with Crippen molar-refractivity contribution in [1.82, 2.24) is 10.2 Å². The fraction of sp³-hybridized carbons (Fsp3) is 0.0667. The molecule has 2 aromatic carbocycles. The fourth-order valence-corrected chi connectivity index (χ4v) is 2.33. The zero-order valence-electron chi connectivity index (χ0n) is 10.9. The molecule has 1 aliphatic rings. The fourth-order valence-electron chi connectivity index (χ4n) is 2.33. The van der Waals surface area contributed by atoms with Gasteiger partial charge in [0.1, 0.15) is 0 Å². The van der Waals surface area contributed by atoms with Gasteiger partial charge < -0.3 is 14.8 Å². The van der Waals surface area contributed by atoms with Gasteiger partial charge in [-0.05, 0) is 18.2 Å². The topological polar surface area (TPSA) is 76.2 Å². The molecular weight excluding hydrogens is 270 g/mol. The number of nitrogens with zero attached hydrogens (tertiary/aromatic N) is 1. The lowest BCUT2D eigenvalue weighted by molar-refractivity contribution is 0.102. The largest absolute Gasteiger partial charge is 0.454 e. The summed E-state index contributed by atoms with van der Waals surface area (Å²) in [6, 6.07) is 10.8. The third kappa shape index (κ3) is 1.97. The van der Waals surface area contributed by atoms with E-state index in [0.717, 1.165) is 10.9 Å². The molecule has 6 nitrogen and oxygen atoms in total. The Morgan fingerprint density at radius 2 is 2.10 bits per heavy atom. The molecule has 0 unspecified atom stereocenters. The second-order valence-corrected chi connectivity index (χ2v) is 4.66. The second-order valence-electron chi connectivity index (χ2n) is 4.66. The highest BCUT2D eigenvalue weighted by molar-refractivity contribution is 6.11. The van der Waals surface area contributed by atoms with Crippen molar-refractivity contribution in [3.05, 3.63) is 48.2 Å². The summed E-state index contributed by atoms with van der Waals surface area (Å²) in [4.78, 5) is 12.4. The zero-order valence-corrected chi connectivity index (χ0v) is 10.9. The molecule has 2 heterocycles. The Morgan fingerprint density at radius 1 is 1.19 bits per heavy atom. The normalized spacial score (nSPS) is 12.6. The lowest BCUT2D eigenvalue weighted by atomic mass is 10.1. The van der Waals surface area contributed by atoms with Gasteiger partial charge in [0.15, 0.2) is 11.5 Å². The highest BCUT2D eigenvalue weighted by Crippen LogP contribution is 2.34. The van der Waals surface area contributed by atoms with Gasteiger partial charge in [0.25, 0.3) is 5.91 Å². The molecule has 0 spiro atoms. The van der Waals surface area contributed by atoms with E-state index in [9.17, 15) is 4.79 Å².